The second kappa shape index (κ2) is 5.25. The summed E-state index contributed by atoms with van der Waals surface area (Å²) in [6.45, 7) is 7.09. The molecule has 0 heterocycles. The van der Waals surface area contributed by atoms with Gasteiger partial charge >= 0.3 is 0 Å². The maximum atomic E-state index is 9.99. The molecule has 3 rings (SSSR count). The van der Waals surface area contributed by atoms with Crippen molar-refractivity contribution >= 4 is 16.5 Å². The molecule has 2 heteroatoms. The van der Waals surface area contributed by atoms with Crippen LogP contribution < -0.4 is 5.32 Å². The van der Waals surface area contributed by atoms with Gasteiger partial charge in [-0.2, -0.15) is 0 Å². The van der Waals surface area contributed by atoms with E-state index in [2.05, 4.69) is 38.2 Å². The smallest absolute Gasteiger partial charge is 0.123 e. The number of rotatable bonds is 2. The lowest BCUT2D eigenvalue weighted by Crippen LogP contribution is -2.36. The van der Waals surface area contributed by atoms with Crippen LogP contribution in [0.5, 0.6) is 5.75 Å². The van der Waals surface area contributed by atoms with Crippen LogP contribution in [0.2, 0.25) is 0 Å². The van der Waals surface area contributed by atoms with Gasteiger partial charge in [0.1, 0.15) is 5.75 Å². The van der Waals surface area contributed by atoms with Gasteiger partial charge in [0, 0.05) is 22.5 Å². The summed E-state index contributed by atoms with van der Waals surface area (Å²) in [4.78, 5) is 0. The van der Waals surface area contributed by atoms with Crippen molar-refractivity contribution in [1.29, 1.82) is 0 Å². The Kier molecular flexibility index (Phi) is 3.56. The van der Waals surface area contributed by atoms with E-state index in [-0.39, 0.29) is 0 Å². The number of anilines is 1. The van der Waals surface area contributed by atoms with Gasteiger partial charge in [-0.05, 0) is 42.7 Å². The third kappa shape index (κ3) is 2.85. The van der Waals surface area contributed by atoms with Crippen LogP contribution in [0.15, 0.2) is 36.4 Å². The average molecular weight is 283 g/mol. The fourth-order valence-corrected chi connectivity index (χ4v) is 3.78. The summed E-state index contributed by atoms with van der Waals surface area (Å²) in [6, 6.07) is 12.4. The van der Waals surface area contributed by atoms with Crippen molar-refractivity contribution in [3.63, 3.8) is 0 Å². The lowest BCUT2D eigenvalue weighted by Gasteiger charge is -2.40. The van der Waals surface area contributed by atoms with Gasteiger partial charge < -0.3 is 10.4 Å². The number of fused-ring (bicyclic) bond motifs is 1. The lowest BCUT2D eigenvalue weighted by atomic mass is 9.70. The van der Waals surface area contributed by atoms with Crippen molar-refractivity contribution in [1.82, 2.24) is 0 Å². The zero-order valence-corrected chi connectivity index (χ0v) is 13.2. The molecule has 112 valence electrons. The Hall–Kier alpha value is -1.70. The number of hydrogen-bond donors (Lipinski definition) is 2. The first kappa shape index (κ1) is 14.2. The quantitative estimate of drug-likeness (QED) is 0.796. The predicted molar refractivity (Wildman–Crippen MR) is 89.8 cm³/mol. The number of phenols is 1. The van der Waals surface area contributed by atoms with Crippen LogP contribution in [0, 0.1) is 11.3 Å². The molecule has 0 radical (unpaired) electrons. The summed E-state index contributed by atoms with van der Waals surface area (Å²) >= 11 is 0. The van der Waals surface area contributed by atoms with Crippen molar-refractivity contribution in [2.45, 2.75) is 46.1 Å². The van der Waals surface area contributed by atoms with Crippen LogP contribution in [-0.4, -0.2) is 11.1 Å². The van der Waals surface area contributed by atoms with E-state index in [1.54, 1.807) is 6.07 Å². The highest BCUT2D eigenvalue weighted by Gasteiger charge is 2.32. The Balaban J connectivity index is 1.87. The van der Waals surface area contributed by atoms with Gasteiger partial charge in [0.05, 0.1) is 0 Å². The summed E-state index contributed by atoms with van der Waals surface area (Å²) in [5.74, 6) is 1.02. The monoisotopic (exact) mass is 283 g/mol. The molecule has 1 fully saturated rings. The molecule has 0 aromatic heterocycles. The minimum atomic E-state index is 0.356. The molecule has 2 N–H and O–H groups in total. The summed E-state index contributed by atoms with van der Waals surface area (Å²) in [5, 5.41) is 15.8. The normalized spacial score (nSPS) is 24.9. The molecule has 2 aromatic rings. The number of benzene rings is 2. The van der Waals surface area contributed by atoms with Crippen LogP contribution in [0.4, 0.5) is 5.69 Å². The van der Waals surface area contributed by atoms with Gasteiger partial charge in [-0.15, -0.1) is 0 Å². The molecule has 2 atom stereocenters. The van der Waals surface area contributed by atoms with E-state index in [1.807, 2.05) is 18.2 Å². The molecule has 2 nitrogen and oxygen atoms in total. The molecule has 1 saturated carbocycles. The number of aromatic hydroxyl groups is 1. The SMILES string of the molecule is CC1CC(C)(C)CCC1Nc1cccc2c(O)cccc12. The number of phenolic OH excluding ortho intramolecular Hbond substituents is 1. The average Bonchev–Trinajstić information content (AvgIpc) is 2.42. The molecule has 1 aliphatic rings. The Bertz CT molecular complexity index is 647. The molecule has 2 aromatic carbocycles. The van der Waals surface area contributed by atoms with Gasteiger partial charge in [0.2, 0.25) is 0 Å². The maximum absolute atomic E-state index is 9.99. The molecule has 21 heavy (non-hydrogen) atoms. The Labute approximate surface area is 127 Å². The Morgan fingerprint density at radius 3 is 2.57 bits per heavy atom. The first-order valence-corrected chi connectivity index (χ1v) is 7.93. The number of hydrogen-bond acceptors (Lipinski definition) is 2. The zero-order chi connectivity index (χ0) is 15.0. The van der Waals surface area contributed by atoms with Gasteiger partial charge in [-0.1, -0.05) is 45.0 Å². The molecular weight excluding hydrogens is 258 g/mol. The predicted octanol–water partition coefficient (Wildman–Crippen LogP) is 5.17. The van der Waals surface area contributed by atoms with Crippen LogP contribution in [0.1, 0.15) is 40.0 Å². The molecule has 0 amide bonds. The van der Waals surface area contributed by atoms with Crippen LogP contribution in [-0.2, 0) is 0 Å². The summed E-state index contributed by atoms with van der Waals surface area (Å²) in [6.07, 6.45) is 3.75. The van der Waals surface area contributed by atoms with Crippen molar-refractivity contribution in [3.8, 4) is 5.75 Å². The highest BCUT2D eigenvalue weighted by Crippen LogP contribution is 2.40. The fraction of sp³-hybridized carbons (Fsp3) is 0.474. The molecular formula is C19H25NO. The van der Waals surface area contributed by atoms with Crippen molar-refractivity contribution in [2.75, 3.05) is 5.32 Å². The Morgan fingerprint density at radius 2 is 1.81 bits per heavy atom. The molecule has 0 saturated heterocycles. The van der Waals surface area contributed by atoms with Crippen LogP contribution in [0.25, 0.3) is 10.8 Å². The number of nitrogens with one attached hydrogen (secondary N) is 1. The van der Waals surface area contributed by atoms with E-state index >= 15 is 0 Å². The van der Waals surface area contributed by atoms with Gasteiger partial charge in [-0.25, -0.2) is 0 Å². The Morgan fingerprint density at radius 1 is 1.10 bits per heavy atom. The van der Waals surface area contributed by atoms with E-state index in [1.165, 1.54) is 19.3 Å². The minimum Gasteiger partial charge on any atom is -0.507 e. The largest absolute Gasteiger partial charge is 0.507 e. The maximum Gasteiger partial charge on any atom is 0.123 e. The highest BCUT2D eigenvalue weighted by atomic mass is 16.3. The lowest BCUT2D eigenvalue weighted by molar-refractivity contribution is 0.177. The second-order valence-electron chi connectivity index (χ2n) is 7.31. The zero-order valence-electron chi connectivity index (χ0n) is 13.2. The van der Waals surface area contributed by atoms with Gasteiger partial charge in [0.15, 0.2) is 0 Å². The van der Waals surface area contributed by atoms with Crippen molar-refractivity contribution in [2.24, 2.45) is 11.3 Å². The minimum absolute atomic E-state index is 0.356. The van der Waals surface area contributed by atoms with Crippen molar-refractivity contribution < 1.29 is 5.11 Å². The van der Waals surface area contributed by atoms with E-state index in [4.69, 9.17) is 0 Å². The van der Waals surface area contributed by atoms with E-state index in [0.29, 0.717) is 23.1 Å². The third-order valence-corrected chi connectivity index (χ3v) is 4.93. The van der Waals surface area contributed by atoms with Crippen LogP contribution in [0.3, 0.4) is 0 Å². The fourth-order valence-electron chi connectivity index (χ4n) is 3.78. The van der Waals surface area contributed by atoms with Crippen molar-refractivity contribution in [3.05, 3.63) is 36.4 Å². The standard InChI is InChI=1S/C19H25NO/c1-13-12-19(2,3)11-10-16(13)20-17-8-4-7-15-14(17)6-5-9-18(15)21/h4-9,13,16,20-21H,10-12H2,1-3H3. The molecule has 0 aliphatic heterocycles. The third-order valence-electron chi connectivity index (χ3n) is 4.93. The highest BCUT2D eigenvalue weighted by molar-refractivity contribution is 5.97. The topological polar surface area (TPSA) is 32.3 Å². The van der Waals surface area contributed by atoms with E-state index < -0.39 is 0 Å². The first-order chi connectivity index (χ1) is 9.96. The molecule has 1 aliphatic carbocycles. The summed E-state index contributed by atoms with van der Waals surface area (Å²) in [7, 11) is 0. The van der Waals surface area contributed by atoms with E-state index in [0.717, 1.165) is 16.5 Å². The molecule has 0 bridgehead atoms. The summed E-state index contributed by atoms with van der Waals surface area (Å²) < 4.78 is 0. The van der Waals surface area contributed by atoms with E-state index in [9.17, 15) is 5.11 Å². The summed E-state index contributed by atoms with van der Waals surface area (Å²) in [5.41, 5.74) is 1.61. The first-order valence-electron chi connectivity index (χ1n) is 7.93. The second-order valence-corrected chi connectivity index (χ2v) is 7.31. The van der Waals surface area contributed by atoms with Gasteiger partial charge in [-0.3, -0.25) is 0 Å². The van der Waals surface area contributed by atoms with Crippen LogP contribution >= 0.6 is 0 Å². The molecule has 0 spiro atoms. The van der Waals surface area contributed by atoms with Gasteiger partial charge in [0.25, 0.3) is 0 Å². The molecule has 2 unspecified atom stereocenters.